The van der Waals surface area contributed by atoms with Gasteiger partial charge in [0.15, 0.2) is 16.6 Å². The van der Waals surface area contributed by atoms with Crippen molar-refractivity contribution >= 4 is 16.6 Å². The molecule has 0 unspecified atom stereocenters. The Labute approximate surface area is 177 Å². The maximum Gasteiger partial charge on any atom is 0.200 e. The van der Waals surface area contributed by atoms with Crippen molar-refractivity contribution in [2.75, 3.05) is 13.2 Å². The van der Waals surface area contributed by atoms with Crippen LogP contribution in [0.5, 0.6) is 0 Å². The molecule has 4 atom stereocenters. The molecule has 1 aliphatic heterocycles. The van der Waals surface area contributed by atoms with Gasteiger partial charge in [0.1, 0.15) is 0 Å². The predicted molar refractivity (Wildman–Crippen MR) is 124 cm³/mol. The van der Waals surface area contributed by atoms with Gasteiger partial charge in [-0.3, -0.25) is 0 Å². The summed E-state index contributed by atoms with van der Waals surface area (Å²) in [4.78, 5) is 0. The molecule has 0 bridgehead atoms. The van der Waals surface area contributed by atoms with Crippen molar-refractivity contribution in [3.8, 4) is 0 Å². The molecule has 0 spiro atoms. The SMILES string of the molecule is CC(C)[Si](OC[C@H](O[Si](C)(C)C(C)(C)C)[C@H](CO)[C@H]1O[C@@H]1C)(C(C)C)C(C)C. The third-order valence-corrected chi connectivity index (χ3v) is 17.9. The van der Waals surface area contributed by atoms with Gasteiger partial charge in [0.05, 0.1) is 31.5 Å². The molecule has 1 aliphatic rings. The second-order valence-electron chi connectivity index (χ2n) is 11.2. The van der Waals surface area contributed by atoms with E-state index < -0.39 is 16.6 Å². The van der Waals surface area contributed by atoms with Gasteiger partial charge in [-0.2, -0.15) is 0 Å². The Balaban J connectivity index is 3.14. The number of aliphatic hydroxyl groups is 1. The second kappa shape index (κ2) is 9.60. The van der Waals surface area contributed by atoms with E-state index in [-0.39, 0.29) is 35.9 Å². The fraction of sp³-hybridized carbons (Fsp3) is 1.00. The van der Waals surface area contributed by atoms with Gasteiger partial charge < -0.3 is 18.7 Å². The Morgan fingerprint density at radius 1 is 0.964 bits per heavy atom. The highest BCUT2D eigenvalue weighted by Gasteiger charge is 2.50. The zero-order chi connectivity index (χ0) is 22.1. The minimum absolute atomic E-state index is 0.0256. The molecule has 0 radical (unpaired) electrons. The van der Waals surface area contributed by atoms with E-state index >= 15 is 0 Å². The summed E-state index contributed by atoms with van der Waals surface area (Å²) in [5.74, 6) is -0.0256. The maximum atomic E-state index is 10.2. The van der Waals surface area contributed by atoms with E-state index in [0.29, 0.717) is 23.2 Å². The average Bonchev–Trinajstić information content (AvgIpc) is 3.22. The average molecular weight is 433 g/mol. The minimum atomic E-state index is -2.00. The van der Waals surface area contributed by atoms with Gasteiger partial charge in [0.25, 0.3) is 0 Å². The molecule has 0 aromatic carbocycles. The molecule has 28 heavy (non-hydrogen) atoms. The monoisotopic (exact) mass is 432 g/mol. The lowest BCUT2D eigenvalue weighted by molar-refractivity contribution is 0.0212. The summed E-state index contributed by atoms with van der Waals surface area (Å²) in [6, 6.07) is 0. The van der Waals surface area contributed by atoms with Crippen molar-refractivity contribution in [2.24, 2.45) is 5.92 Å². The van der Waals surface area contributed by atoms with Crippen molar-refractivity contribution in [2.45, 2.75) is 122 Å². The van der Waals surface area contributed by atoms with E-state index in [1.807, 2.05) is 0 Å². The van der Waals surface area contributed by atoms with Crippen molar-refractivity contribution in [3.63, 3.8) is 0 Å². The largest absolute Gasteiger partial charge is 0.413 e. The van der Waals surface area contributed by atoms with Crippen LogP contribution >= 0.6 is 0 Å². The summed E-state index contributed by atoms with van der Waals surface area (Å²) in [5.41, 5.74) is 1.60. The molecular formula is C22H48O4Si2. The van der Waals surface area contributed by atoms with Crippen molar-refractivity contribution in [3.05, 3.63) is 0 Å². The van der Waals surface area contributed by atoms with E-state index in [2.05, 4.69) is 82.3 Å². The van der Waals surface area contributed by atoms with E-state index in [9.17, 15) is 5.11 Å². The standard InChI is InChI=1S/C22H48O4Si2/c1-15(2)28(16(3)4,17(5)6)24-14-20(19(13-23)21-18(7)25-21)26-27(11,12)22(8,9)10/h15-21,23H,13-14H2,1-12H3/t18-,19+,20+,21+/m1/s1. The summed E-state index contributed by atoms with van der Waals surface area (Å²) in [6.07, 6.45) is 0.158. The first-order valence-electron chi connectivity index (χ1n) is 11.2. The molecule has 1 fully saturated rings. The Morgan fingerprint density at radius 3 is 1.68 bits per heavy atom. The molecule has 168 valence electrons. The third kappa shape index (κ3) is 5.70. The molecule has 0 amide bonds. The van der Waals surface area contributed by atoms with Crippen molar-refractivity contribution in [1.29, 1.82) is 0 Å². The van der Waals surface area contributed by atoms with Gasteiger partial charge in [-0.15, -0.1) is 0 Å². The summed E-state index contributed by atoms with van der Waals surface area (Å²) in [6.45, 7) is 27.9. The zero-order valence-electron chi connectivity index (χ0n) is 20.6. The number of aliphatic hydroxyl groups excluding tert-OH is 1. The third-order valence-electron chi connectivity index (χ3n) is 7.33. The first-order chi connectivity index (χ1) is 12.6. The summed E-state index contributed by atoms with van der Waals surface area (Å²) in [7, 11) is -3.98. The highest BCUT2D eigenvalue weighted by molar-refractivity contribution is 6.77. The van der Waals surface area contributed by atoms with Crippen LogP contribution in [0.15, 0.2) is 0 Å². The second-order valence-corrected chi connectivity index (χ2v) is 21.4. The summed E-state index contributed by atoms with van der Waals surface area (Å²) >= 11 is 0. The molecule has 1 N–H and O–H groups in total. The van der Waals surface area contributed by atoms with Crippen LogP contribution in [-0.2, 0) is 13.6 Å². The van der Waals surface area contributed by atoms with Crippen LogP contribution in [0.2, 0.25) is 34.8 Å². The lowest BCUT2D eigenvalue weighted by Gasteiger charge is -2.45. The molecule has 0 aromatic rings. The lowest BCUT2D eigenvalue weighted by Crippen LogP contribution is -2.53. The molecule has 1 saturated heterocycles. The van der Waals surface area contributed by atoms with Crippen LogP contribution in [0, 0.1) is 5.92 Å². The molecule has 0 aromatic heterocycles. The molecule has 4 nitrogen and oxygen atoms in total. The van der Waals surface area contributed by atoms with Crippen LogP contribution in [0.4, 0.5) is 0 Å². The Hall–Kier alpha value is 0.274. The van der Waals surface area contributed by atoms with Crippen LogP contribution in [0.25, 0.3) is 0 Å². The molecule has 1 rings (SSSR count). The first-order valence-corrected chi connectivity index (χ1v) is 16.2. The fourth-order valence-corrected chi connectivity index (χ4v) is 11.4. The number of hydrogen-bond donors (Lipinski definition) is 1. The van der Waals surface area contributed by atoms with Gasteiger partial charge >= 0.3 is 0 Å². The molecular weight excluding hydrogens is 384 g/mol. The minimum Gasteiger partial charge on any atom is -0.413 e. The molecule has 0 saturated carbocycles. The quantitative estimate of drug-likeness (QED) is 0.323. The normalized spacial score (nSPS) is 23.6. The number of epoxide rings is 1. The summed E-state index contributed by atoms with van der Waals surface area (Å²) in [5, 5.41) is 10.3. The van der Waals surface area contributed by atoms with Gasteiger partial charge in [-0.1, -0.05) is 62.3 Å². The Bertz CT molecular complexity index is 464. The van der Waals surface area contributed by atoms with E-state index in [0.717, 1.165) is 0 Å². The lowest BCUT2D eigenvalue weighted by atomic mass is 9.98. The van der Waals surface area contributed by atoms with Gasteiger partial charge in [-0.25, -0.2) is 0 Å². The van der Waals surface area contributed by atoms with E-state index in [4.69, 9.17) is 13.6 Å². The van der Waals surface area contributed by atoms with Gasteiger partial charge in [0, 0.05) is 5.92 Å². The van der Waals surface area contributed by atoms with E-state index in [1.54, 1.807) is 0 Å². The first kappa shape index (κ1) is 26.3. The van der Waals surface area contributed by atoms with Crippen LogP contribution in [0.3, 0.4) is 0 Å². The fourth-order valence-electron chi connectivity index (χ4n) is 4.61. The molecule has 0 aliphatic carbocycles. The predicted octanol–water partition coefficient (Wildman–Crippen LogP) is 5.96. The van der Waals surface area contributed by atoms with Crippen molar-refractivity contribution in [1.82, 2.24) is 0 Å². The number of ether oxygens (including phenoxy) is 1. The van der Waals surface area contributed by atoms with Gasteiger partial charge in [-0.05, 0) is 41.7 Å². The molecule has 6 heteroatoms. The maximum absolute atomic E-state index is 10.2. The number of rotatable bonds is 11. The summed E-state index contributed by atoms with van der Waals surface area (Å²) < 4.78 is 19.5. The van der Waals surface area contributed by atoms with Crippen LogP contribution in [0.1, 0.15) is 69.2 Å². The highest BCUT2D eigenvalue weighted by atomic mass is 28.4. The van der Waals surface area contributed by atoms with Crippen molar-refractivity contribution < 1.29 is 18.7 Å². The topological polar surface area (TPSA) is 51.2 Å². The highest BCUT2D eigenvalue weighted by Crippen LogP contribution is 2.44. The van der Waals surface area contributed by atoms with E-state index in [1.165, 1.54) is 0 Å². The van der Waals surface area contributed by atoms with Crippen LogP contribution in [-0.4, -0.2) is 53.3 Å². The Morgan fingerprint density at radius 2 is 1.39 bits per heavy atom. The number of hydrogen-bond acceptors (Lipinski definition) is 4. The van der Waals surface area contributed by atoms with Crippen LogP contribution < -0.4 is 0 Å². The zero-order valence-corrected chi connectivity index (χ0v) is 22.6. The van der Waals surface area contributed by atoms with Gasteiger partial charge in [0.2, 0.25) is 0 Å². The smallest absolute Gasteiger partial charge is 0.200 e. The molecule has 1 heterocycles. The Kier molecular flexibility index (Phi) is 9.02.